The van der Waals surface area contributed by atoms with Gasteiger partial charge in [-0.05, 0) is 17.7 Å². The van der Waals surface area contributed by atoms with Crippen molar-refractivity contribution in [2.75, 3.05) is 27.4 Å². The maximum absolute atomic E-state index is 11.2. The number of methoxy groups -OCH3 is 2. The molecule has 1 aromatic rings. The molecule has 1 aliphatic heterocycles. The van der Waals surface area contributed by atoms with E-state index in [9.17, 15) is 4.79 Å². The van der Waals surface area contributed by atoms with Crippen LogP contribution in [0.15, 0.2) is 18.2 Å². The molecular formula is C13H17NO5. The van der Waals surface area contributed by atoms with Gasteiger partial charge in [0.05, 0.1) is 32.8 Å². The van der Waals surface area contributed by atoms with E-state index in [1.54, 1.807) is 25.3 Å². The van der Waals surface area contributed by atoms with Gasteiger partial charge in [-0.2, -0.15) is 0 Å². The Morgan fingerprint density at radius 2 is 2.00 bits per heavy atom. The van der Waals surface area contributed by atoms with Gasteiger partial charge < -0.3 is 25.1 Å². The summed E-state index contributed by atoms with van der Waals surface area (Å²) in [4.78, 5) is 11.2. The van der Waals surface area contributed by atoms with Crippen molar-refractivity contribution in [2.45, 2.75) is 11.5 Å². The second kappa shape index (κ2) is 5.07. The molecule has 1 unspecified atom stereocenters. The fraction of sp³-hybridized carbons (Fsp3) is 0.462. The first-order valence-corrected chi connectivity index (χ1v) is 5.84. The van der Waals surface area contributed by atoms with Gasteiger partial charge in [0, 0.05) is 0 Å². The molecule has 0 saturated carbocycles. The maximum atomic E-state index is 11.2. The molecule has 0 radical (unpaired) electrons. The van der Waals surface area contributed by atoms with E-state index in [1.807, 2.05) is 0 Å². The van der Waals surface area contributed by atoms with Crippen LogP contribution in [0.2, 0.25) is 0 Å². The molecule has 0 bridgehead atoms. The lowest BCUT2D eigenvalue weighted by Gasteiger charge is -2.44. The molecule has 104 valence electrons. The zero-order valence-electron chi connectivity index (χ0n) is 10.9. The predicted molar refractivity (Wildman–Crippen MR) is 67.7 cm³/mol. The lowest BCUT2D eigenvalue weighted by molar-refractivity contribution is -0.148. The summed E-state index contributed by atoms with van der Waals surface area (Å²) < 4.78 is 15.6. The van der Waals surface area contributed by atoms with Crippen LogP contribution in [0.1, 0.15) is 5.56 Å². The third-order valence-corrected chi connectivity index (χ3v) is 3.54. The molecule has 0 aromatic heterocycles. The van der Waals surface area contributed by atoms with Crippen LogP contribution in [-0.4, -0.2) is 44.6 Å². The molecule has 1 fully saturated rings. The van der Waals surface area contributed by atoms with Gasteiger partial charge in [-0.1, -0.05) is 6.07 Å². The lowest BCUT2D eigenvalue weighted by atomic mass is 9.72. The average molecular weight is 267 g/mol. The second-order valence-corrected chi connectivity index (χ2v) is 4.53. The van der Waals surface area contributed by atoms with Crippen LogP contribution >= 0.6 is 0 Å². The van der Waals surface area contributed by atoms with Crippen molar-refractivity contribution in [1.29, 1.82) is 0 Å². The van der Waals surface area contributed by atoms with Crippen molar-refractivity contribution in [3.63, 3.8) is 0 Å². The van der Waals surface area contributed by atoms with Crippen molar-refractivity contribution in [3.05, 3.63) is 23.8 Å². The van der Waals surface area contributed by atoms with E-state index >= 15 is 0 Å². The highest BCUT2D eigenvalue weighted by molar-refractivity contribution is 5.76. The molecule has 2 rings (SSSR count). The number of nitrogens with two attached hydrogens (primary N) is 1. The average Bonchev–Trinajstić information content (AvgIpc) is 2.36. The quantitative estimate of drug-likeness (QED) is 0.801. The van der Waals surface area contributed by atoms with Crippen LogP contribution < -0.4 is 15.2 Å². The van der Waals surface area contributed by atoms with Crippen LogP contribution in [0.4, 0.5) is 0 Å². The van der Waals surface area contributed by atoms with Gasteiger partial charge in [-0.25, -0.2) is 0 Å². The van der Waals surface area contributed by atoms with E-state index in [1.165, 1.54) is 7.11 Å². The topological polar surface area (TPSA) is 91.0 Å². The largest absolute Gasteiger partial charge is 0.493 e. The first kappa shape index (κ1) is 13.6. The predicted octanol–water partition coefficient (Wildman–Crippen LogP) is 0.384. The molecule has 6 nitrogen and oxygen atoms in total. The van der Waals surface area contributed by atoms with Crippen LogP contribution in [0.25, 0.3) is 0 Å². The Morgan fingerprint density at radius 3 is 2.42 bits per heavy atom. The Hall–Kier alpha value is -1.79. The van der Waals surface area contributed by atoms with Crippen LogP contribution in [0.5, 0.6) is 11.5 Å². The first-order chi connectivity index (χ1) is 9.05. The van der Waals surface area contributed by atoms with E-state index in [0.29, 0.717) is 11.5 Å². The number of hydrogen-bond acceptors (Lipinski definition) is 5. The highest BCUT2D eigenvalue weighted by Crippen LogP contribution is 2.39. The third kappa shape index (κ3) is 2.13. The molecule has 0 amide bonds. The van der Waals surface area contributed by atoms with Crippen molar-refractivity contribution in [3.8, 4) is 11.5 Å². The molecule has 1 aromatic carbocycles. The zero-order chi connectivity index (χ0) is 14.0. The standard InChI is InChI=1S/C13H17NO5/c1-17-9-4-3-8(5-10(9)18-2)13(6-19-7-13)11(14)12(15)16/h3-5,11H,6-7,14H2,1-2H3,(H,15,16). The van der Waals surface area contributed by atoms with Gasteiger partial charge in [0.15, 0.2) is 11.5 Å². The van der Waals surface area contributed by atoms with E-state index in [4.69, 9.17) is 25.1 Å². The number of ether oxygens (including phenoxy) is 3. The summed E-state index contributed by atoms with van der Waals surface area (Å²) in [6.07, 6.45) is 0. The SMILES string of the molecule is COc1ccc(C2(C(N)C(=O)O)COC2)cc1OC. The van der Waals surface area contributed by atoms with Crippen molar-refractivity contribution in [2.24, 2.45) is 5.73 Å². The summed E-state index contributed by atoms with van der Waals surface area (Å²) in [6.45, 7) is 0.575. The molecule has 1 atom stereocenters. The second-order valence-electron chi connectivity index (χ2n) is 4.53. The van der Waals surface area contributed by atoms with Crippen LogP contribution in [0, 0.1) is 0 Å². The molecule has 19 heavy (non-hydrogen) atoms. The minimum atomic E-state index is -1.04. The van der Waals surface area contributed by atoms with Crippen molar-refractivity contribution < 1.29 is 24.1 Å². The molecule has 0 aliphatic carbocycles. The molecular weight excluding hydrogens is 250 g/mol. The number of aliphatic carboxylic acids is 1. The highest BCUT2D eigenvalue weighted by Gasteiger charge is 2.49. The Balaban J connectivity index is 2.42. The number of hydrogen-bond donors (Lipinski definition) is 2. The smallest absolute Gasteiger partial charge is 0.321 e. The van der Waals surface area contributed by atoms with Crippen molar-refractivity contribution >= 4 is 5.97 Å². The summed E-state index contributed by atoms with van der Waals surface area (Å²) >= 11 is 0. The van der Waals surface area contributed by atoms with Gasteiger partial charge in [0.2, 0.25) is 0 Å². The molecule has 6 heteroatoms. The molecule has 0 spiro atoms. The number of benzene rings is 1. The summed E-state index contributed by atoms with van der Waals surface area (Å²) in [5.74, 6) is 0.0903. The van der Waals surface area contributed by atoms with Crippen molar-refractivity contribution in [1.82, 2.24) is 0 Å². The summed E-state index contributed by atoms with van der Waals surface area (Å²) in [7, 11) is 3.07. The molecule has 1 heterocycles. The molecule has 1 saturated heterocycles. The monoisotopic (exact) mass is 267 g/mol. The zero-order valence-corrected chi connectivity index (χ0v) is 10.9. The minimum absolute atomic E-state index is 0.288. The third-order valence-electron chi connectivity index (χ3n) is 3.54. The fourth-order valence-electron chi connectivity index (χ4n) is 2.23. The molecule has 1 aliphatic rings. The Kier molecular flexibility index (Phi) is 3.64. The van der Waals surface area contributed by atoms with E-state index < -0.39 is 17.4 Å². The van der Waals surface area contributed by atoms with E-state index in [-0.39, 0.29) is 13.2 Å². The van der Waals surface area contributed by atoms with E-state index in [2.05, 4.69) is 0 Å². The number of carbonyl (C=O) groups is 1. The fourth-order valence-corrected chi connectivity index (χ4v) is 2.23. The van der Waals surface area contributed by atoms with Gasteiger partial charge in [0.1, 0.15) is 6.04 Å². The number of carboxylic acid groups (broad SMARTS) is 1. The number of rotatable bonds is 5. The lowest BCUT2D eigenvalue weighted by Crippen LogP contribution is -2.61. The van der Waals surface area contributed by atoms with Crippen LogP contribution in [0.3, 0.4) is 0 Å². The maximum Gasteiger partial charge on any atom is 0.321 e. The van der Waals surface area contributed by atoms with E-state index in [0.717, 1.165) is 5.56 Å². The van der Waals surface area contributed by atoms with Gasteiger partial charge in [-0.3, -0.25) is 4.79 Å². The molecule has 3 N–H and O–H groups in total. The Bertz CT molecular complexity index is 484. The van der Waals surface area contributed by atoms with Crippen LogP contribution in [-0.2, 0) is 14.9 Å². The summed E-state index contributed by atoms with van der Waals surface area (Å²) in [5.41, 5.74) is 5.88. The first-order valence-electron chi connectivity index (χ1n) is 5.84. The van der Waals surface area contributed by atoms with Gasteiger partial charge in [-0.15, -0.1) is 0 Å². The summed E-state index contributed by atoms with van der Waals surface area (Å²) in [5, 5.41) is 9.13. The van der Waals surface area contributed by atoms with Gasteiger partial charge in [0.25, 0.3) is 0 Å². The Morgan fingerprint density at radius 1 is 1.37 bits per heavy atom. The van der Waals surface area contributed by atoms with Gasteiger partial charge >= 0.3 is 5.97 Å². The minimum Gasteiger partial charge on any atom is -0.493 e. The summed E-state index contributed by atoms with van der Waals surface area (Å²) in [6, 6.07) is 4.28. The highest BCUT2D eigenvalue weighted by atomic mass is 16.5. The Labute approximate surface area is 111 Å². The normalized spacial score (nSPS) is 18.3. The number of carboxylic acids is 1.